The number of nitrogens with zero attached hydrogens (tertiary/aromatic N) is 1. The van der Waals surface area contributed by atoms with E-state index in [9.17, 15) is 13.2 Å². The minimum Gasteiger partial charge on any atom is -0.351 e. The lowest BCUT2D eigenvalue weighted by Gasteiger charge is -2.04. The van der Waals surface area contributed by atoms with E-state index in [1.807, 2.05) is 0 Å². The summed E-state index contributed by atoms with van der Waals surface area (Å²) in [6, 6.07) is 0. The van der Waals surface area contributed by atoms with Crippen molar-refractivity contribution in [2.24, 2.45) is 11.1 Å². The molecule has 3 rings (SSSR count). The van der Waals surface area contributed by atoms with Gasteiger partial charge in [0.05, 0.1) is 5.69 Å². The Morgan fingerprint density at radius 3 is 2.60 bits per heavy atom. The number of aromatic nitrogens is 2. The van der Waals surface area contributed by atoms with Crippen molar-refractivity contribution < 1.29 is 13.2 Å². The summed E-state index contributed by atoms with van der Waals surface area (Å²) in [6.07, 6.45) is 5.15. The minimum atomic E-state index is -3.95. The van der Waals surface area contributed by atoms with E-state index in [4.69, 9.17) is 5.14 Å². The quantitative estimate of drug-likeness (QED) is 0.707. The van der Waals surface area contributed by atoms with E-state index < -0.39 is 15.9 Å². The van der Waals surface area contributed by atoms with E-state index in [1.165, 1.54) is 12.8 Å². The number of amides is 1. The lowest BCUT2D eigenvalue weighted by Crippen LogP contribution is -2.28. The number of aromatic amines is 1. The molecule has 7 nitrogen and oxygen atoms in total. The average molecular weight is 298 g/mol. The Kier molecular flexibility index (Phi) is 3.29. The van der Waals surface area contributed by atoms with Crippen molar-refractivity contribution in [2.45, 2.75) is 42.9 Å². The Bertz CT molecular complexity index is 629. The van der Waals surface area contributed by atoms with Crippen LogP contribution in [-0.2, 0) is 10.0 Å². The fourth-order valence-electron chi connectivity index (χ4n) is 2.32. The zero-order valence-electron chi connectivity index (χ0n) is 11.1. The van der Waals surface area contributed by atoms with Crippen LogP contribution in [0.3, 0.4) is 0 Å². The third kappa shape index (κ3) is 2.85. The molecular formula is C12H18N4O3S. The van der Waals surface area contributed by atoms with E-state index in [-0.39, 0.29) is 16.5 Å². The predicted octanol–water partition coefficient (Wildman–Crippen LogP) is 0.464. The molecule has 2 saturated carbocycles. The Labute approximate surface area is 117 Å². The van der Waals surface area contributed by atoms with E-state index >= 15 is 0 Å². The number of nitrogens with one attached hydrogen (secondary N) is 2. The maximum atomic E-state index is 12.1. The maximum Gasteiger partial charge on any atom is 0.273 e. The van der Waals surface area contributed by atoms with Gasteiger partial charge in [0.15, 0.2) is 5.69 Å². The molecule has 2 fully saturated rings. The topological polar surface area (TPSA) is 118 Å². The van der Waals surface area contributed by atoms with Crippen LogP contribution in [0.4, 0.5) is 0 Å². The van der Waals surface area contributed by atoms with Gasteiger partial charge >= 0.3 is 0 Å². The van der Waals surface area contributed by atoms with E-state index in [2.05, 4.69) is 15.5 Å². The summed E-state index contributed by atoms with van der Waals surface area (Å²) in [4.78, 5) is 11.9. The first-order chi connectivity index (χ1) is 9.47. The molecule has 0 bridgehead atoms. The first kappa shape index (κ1) is 13.6. The molecule has 0 atom stereocenters. The average Bonchev–Trinajstić information content (AvgIpc) is 3.27. The zero-order valence-corrected chi connectivity index (χ0v) is 11.9. The summed E-state index contributed by atoms with van der Waals surface area (Å²) >= 11 is 0. The largest absolute Gasteiger partial charge is 0.351 e. The number of H-pyrrole nitrogens is 1. The smallest absolute Gasteiger partial charge is 0.273 e. The molecule has 8 heteroatoms. The molecule has 110 valence electrons. The number of sulfonamides is 1. The van der Waals surface area contributed by atoms with Crippen LogP contribution in [0.25, 0.3) is 0 Å². The van der Waals surface area contributed by atoms with Gasteiger partial charge in [0.1, 0.15) is 4.90 Å². The molecular weight excluding hydrogens is 280 g/mol. The van der Waals surface area contributed by atoms with Gasteiger partial charge < -0.3 is 5.32 Å². The monoisotopic (exact) mass is 298 g/mol. The highest BCUT2D eigenvalue weighted by Gasteiger charge is 2.35. The van der Waals surface area contributed by atoms with E-state index in [0.29, 0.717) is 18.2 Å². The molecule has 1 heterocycles. The highest BCUT2D eigenvalue weighted by molar-refractivity contribution is 7.89. The second-order valence-electron chi connectivity index (χ2n) is 5.62. The van der Waals surface area contributed by atoms with Gasteiger partial charge in [0, 0.05) is 12.5 Å². The highest BCUT2D eigenvalue weighted by Crippen LogP contribution is 2.42. The number of carbonyl (C=O) groups excluding carboxylic acids is 1. The number of carbonyl (C=O) groups is 1. The fraction of sp³-hybridized carbons (Fsp3) is 0.667. The molecule has 1 amide bonds. The van der Waals surface area contributed by atoms with Crippen LogP contribution < -0.4 is 10.5 Å². The predicted molar refractivity (Wildman–Crippen MR) is 71.6 cm³/mol. The van der Waals surface area contributed by atoms with Gasteiger partial charge in [-0.3, -0.25) is 9.89 Å². The lowest BCUT2D eigenvalue weighted by molar-refractivity contribution is 0.0944. The first-order valence-electron chi connectivity index (χ1n) is 6.86. The number of hydrogen-bond donors (Lipinski definition) is 3. The maximum absolute atomic E-state index is 12.1. The van der Waals surface area contributed by atoms with Crippen LogP contribution >= 0.6 is 0 Å². The lowest BCUT2D eigenvalue weighted by atomic mass is 10.2. The minimum absolute atomic E-state index is 0.106. The molecule has 0 spiro atoms. The van der Waals surface area contributed by atoms with E-state index in [0.717, 1.165) is 19.3 Å². The molecule has 0 saturated heterocycles. The number of nitrogens with two attached hydrogens (primary N) is 1. The second kappa shape index (κ2) is 4.85. The second-order valence-corrected chi connectivity index (χ2v) is 7.12. The molecule has 0 aromatic carbocycles. The van der Waals surface area contributed by atoms with Crippen LogP contribution in [0.15, 0.2) is 4.90 Å². The van der Waals surface area contributed by atoms with Crippen molar-refractivity contribution in [1.82, 2.24) is 15.5 Å². The third-order valence-electron chi connectivity index (χ3n) is 3.77. The van der Waals surface area contributed by atoms with Gasteiger partial charge in [-0.15, -0.1) is 0 Å². The van der Waals surface area contributed by atoms with Crippen molar-refractivity contribution >= 4 is 15.9 Å². The SMILES string of the molecule is NS(=O)(=O)c1c(C(=O)NCCC2CC2)n[nH]c1C1CC1. The van der Waals surface area contributed by atoms with Gasteiger partial charge in [0.25, 0.3) is 5.91 Å². The van der Waals surface area contributed by atoms with Crippen molar-refractivity contribution in [2.75, 3.05) is 6.54 Å². The van der Waals surface area contributed by atoms with Crippen LogP contribution in [0.1, 0.15) is 54.2 Å². The van der Waals surface area contributed by atoms with Crippen molar-refractivity contribution in [3.05, 3.63) is 11.4 Å². The fourth-order valence-corrected chi connectivity index (χ4v) is 3.24. The van der Waals surface area contributed by atoms with Crippen molar-refractivity contribution in [3.8, 4) is 0 Å². The van der Waals surface area contributed by atoms with Crippen molar-refractivity contribution in [1.29, 1.82) is 0 Å². The Morgan fingerprint density at radius 2 is 2.05 bits per heavy atom. The molecule has 2 aliphatic carbocycles. The van der Waals surface area contributed by atoms with Gasteiger partial charge in [-0.1, -0.05) is 12.8 Å². The summed E-state index contributed by atoms with van der Waals surface area (Å²) in [5, 5.41) is 14.5. The van der Waals surface area contributed by atoms with Crippen LogP contribution in [0.5, 0.6) is 0 Å². The zero-order chi connectivity index (χ0) is 14.3. The number of rotatable bonds is 6. The van der Waals surface area contributed by atoms with Gasteiger partial charge in [-0.05, 0) is 25.2 Å². The Morgan fingerprint density at radius 1 is 1.35 bits per heavy atom. The molecule has 1 aromatic rings. The summed E-state index contributed by atoms with van der Waals surface area (Å²) in [7, 11) is -3.95. The normalized spacial score (nSPS) is 19.1. The first-order valence-corrected chi connectivity index (χ1v) is 8.40. The van der Waals surface area contributed by atoms with Gasteiger partial charge in [-0.25, -0.2) is 13.6 Å². The molecule has 0 unspecified atom stereocenters. The van der Waals surface area contributed by atoms with Gasteiger partial charge in [-0.2, -0.15) is 5.10 Å². The third-order valence-corrected chi connectivity index (χ3v) is 4.75. The van der Waals surface area contributed by atoms with Gasteiger partial charge in [0.2, 0.25) is 10.0 Å². The summed E-state index contributed by atoms with van der Waals surface area (Å²) in [5.41, 5.74) is 0.366. The standard InChI is InChI=1S/C12H18N4O3S/c13-20(18,19)11-9(8-3-4-8)15-16-10(11)12(17)14-6-5-7-1-2-7/h7-8H,1-6H2,(H,14,17)(H,15,16)(H2,13,18,19). The summed E-state index contributed by atoms with van der Waals surface area (Å²) in [6.45, 7) is 0.541. The summed E-state index contributed by atoms with van der Waals surface area (Å²) < 4.78 is 23.4. The highest BCUT2D eigenvalue weighted by atomic mass is 32.2. The Balaban J connectivity index is 1.78. The van der Waals surface area contributed by atoms with Crippen LogP contribution in [-0.4, -0.2) is 31.1 Å². The van der Waals surface area contributed by atoms with E-state index in [1.54, 1.807) is 0 Å². The molecule has 20 heavy (non-hydrogen) atoms. The van der Waals surface area contributed by atoms with Crippen LogP contribution in [0, 0.1) is 5.92 Å². The molecule has 0 radical (unpaired) electrons. The molecule has 2 aliphatic rings. The number of hydrogen-bond acceptors (Lipinski definition) is 4. The molecule has 0 aliphatic heterocycles. The van der Waals surface area contributed by atoms with Crippen molar-refractivity contribution in [3.63, 3.8) is 0 Å². The Hall–Kier alpha value is -1.41. The number of primary sulfonamides is 1. The summed E-state index contributed by atoms with van der Waals surface area (Å²) in [5.74, 6) is 0.357. The van der Waals surface area contributed by atoms with Crippen LogP contribution in [0.2, 0.25) is 0 Å². The molecule has 4 N–H and O–H groups in total. The molecule has 1 aromatic heterocycles.